The minimum Gasteiger partial charge on any atom is -0.283 e. The molecule has 3 aromatic rings. The summed E-state index contributed by atoms with van der Waals surface area (Å²) in [6.07, 6.45) is 0. The van der Waals surface area contributed by atoms with Crippen molar-refractivity contribution >= 4 is 11.0 Å². The predicted molar refractivity (Wildman–Crippen MR) is 81.6 cm³/mol. The lowest BCUT2D eigenvalue weighted by Crippen LogP contribution is -2.39. The first-order valence-corrected chi connectivity index (χ1v) is 6.86. The number of hydrogen-bond acceptors (Lipinski definition) is 3. The van der Waals surface area contributed by atoms with Crippen LogP contribution >= 0.6 is 0 Å². The Morgan fingerprint density at radius 3 is 2.52 bits per heavy atom. The lowest BCUT2D eigenvalue weighted by molar-refractivity contribution is 0.675. The molecule has 3 rings (SSSR count). The summed E-state index contributed by atoms with van der Waals surface area (Å²) >= 11 is 0. The minimum absolute atomic E-state index is 0.165. The second-order valence-corrected chi connectivity index (χ2v) is 4.87. The van der Waals surface area contributed by atoms with Gasteiger partial charge in [0.1, 0.15) is 11.1 Å². The molecule has 0 atom stereocenters. The first kappa shape index (κ1) is 13.3. The van der Waals surface area contributed by atoms with Crippen molar-refractivity contribution in [2.75, 3.05) is 0 Å². The highest BCUT2D eigenvalue weighted by Crippen LogP contribution is 2.09. The Bertz CT molecular complexity index is 923. The average Bonchev–Trinajstić information content (AvgIpc) is 2.48. The van der Waals surface area contributed by atoms with Crippen LogP contribution in [0, 0.1) is 12.3 Å². The minimum atomic E-state index is -0.237. The molecule has 0 aliphatic heterocycles. The monoisotopic (exact) mass is 280 g/mol. The van der Waals surface area contributed by atoms with Gasteiger partial charge in [0, 0.05) is 12.2 Å². The van der Waals surface area contributed by atoms with Crippen LogP contribution in [-0.2, 0) is 6.54 Å². The molecule has 0 saturated heterocycles. The molecule has 5 nitrogen and oxygen atoms in total. The van der Waals surface area contributed by atoms with Crippen LogP contribution < -0.4 is 11.2 Å². The summed E-state index contributed by atoms with van der Waals surface area (Å²) in [5.41, 5.74) is 2.02. The molecule has 2 heterocycles. The van der Waals surface area contributed by atoms with Crippen molar-refractivity contribution < 1.29 is 0 Å². The molecule has 0 spiro atoms. The summed E-state index contributed by atoms with van der Waals surface area (Å²) in [7, 11) is 0. The first-order chi connectivity index (χ1) is 10.1. The number of fused-ring (bicyclic) bond motifs is 1. The van der Waals surface area contributed by atoms with Gasteiger partial charge < -0.3 is 0 Å². The van der Waals surface area contributed by atoms with Crippen LogP contribution in [0.2, 0.25) is 0 Å². The van der Waals surface area contributed by atoms with E-state index in [1.54, 1.807) is 4.57 Å². The van der Waals surface area contributed by atoms with E-state index in [1.807, 2.05) is 56.3 Å². The molecule has 106 valence electrons. The summed E-state index contributed by atoms with van der Waals surface area (Å²) < 4.78 is 3.02. The van der Waals surface area contributed by atoms with Gasteiger partial charge in [-0.3, -0.25) is 9.98 Å². The fourth-order valence-corrected chi connectivity index (χ4v) is 2.46. The molecule has 0 bridgehead atoms. The van der Waals surface area contributed by atoms with E-state index >= 15 is 0 Å². The van der Waals surface area contributed by atoms with Crippen LogP contribution in [0.4, 0.5) is 0 Å². The third-order valence-electron chi connectivity index (χ3n) is 3.50. The topological polar surface area (TPSA) is 63.7 Å². The van der Waals surface area contributed by atoms with Crippen molar-refractivity contribution in [1.29, 1.82) is 5.41 Å². The largest absolute Gasteiger partial charge is 0.335 e. The number of benzene rings is 1. The molecule has 0 unspecified atom stereocenters. The zero-order valence-corrected chi connectivity index (χ0v) is 12.0. The Labute approximate surface area is 121 Å². The van der Waals surface area contributed by atoms with Crippen LogP contribution in [0.25, 0.3) is 16.7 Å². The van der Waals surface area contributed by atoms with Crippen LogP contribution in [0.15, 0.2) is 47.3 Å². The average molecular weight is 280 g/mol. The Hall–Kier alpha value is -2.69. The predicted octanol–water partition coefficient (Wildman–Crippen LogP) is 1.99. The first-order valence-electron chi connectivity index (χ1n) is 6.86. The molecule has 0 aliphatic rings. The molecule has 0 saturated carbocycles. The van der Waals surface area contributed by atoms with Gasteiger partial charge in [-0.2, -0.15) is 0 Å². The summed E-state index contributed by atoms with van der Waals surface area (Å²) in [6.45, 7) is 4.30. The molecular weight excluding hydrogens is 264 g/mol. The summed E-state index contributed by atoms with van der Waals surface area (Å²) in [4.78, 5) is 17.1. The summed E-state index contributed by atoms with van der Waals surface area (Å²) in [5.74, 6) is 0. The van der Waals surface area contributed by atoms with Crippen molar-refractivity contribution in [3.8, 4) is 5.69 Å². The molecular formula is C16H16N4O. The van der Waals surface area contributed by atoms with E-state index < -0.39 is 0 Å². The zero-order chi connectivity index (χ0) is 15.0. The lowest BCUT2D eigenvalue weighted by Gasteiger charge is -2.13. The van der Waals surface area contributed by atoms with Gasteiger partial charge in [-0.25, -0.2) is 14.3 Å². The normalized spacial score (nSPS) is 11.0. The fourth-order valence-electron chi connectivity index (χ4n) is 2.46. The molecule has 21 heavy (non-hydrogen) atoms. The van der Waals surface area contributed by atoms with E-state index in [9.17, 15) is 4.79 Å². The number of nitrogens with zero attached hydrogens (tertiary/aromatic N) is 3. The van der Waals surface area contributed by atoms with Gasteiger partial charge in [-0.1, -0.05) is 18.2 Å². The van der Waals surface area contributed by atoms with Gasteiger partial charge >= 0.3 is 5.69 Å². The Morgan fingerprint density at radius 2 is 1.86 bits per heavy atom. The maximum atomic E-state index is 12.7. The number of aromatic nitrogens is 3. The van der Waals surface area contributed by atoms with E-state index in [2.05, 4.69) is 4.98 Å². The van der Waals surface area contributed by atoms with Crippen molar-refractivity contribution in [1.82, 2.24) is 14.1 Å². The maximum absolute atomic E-state index is 12.7. The molecule has 0 fully saturated rings. The molecule has 1 N–H and O–H groups in total. The highest BCUT2D eigenvalue weighted by atomic mass is 16.1. The maximum Gasteiger partial charge on any atom is 0.335 e. The van der Waals surface area contributed by atoms with Crippen molar-refractivity contribution in [3.05, 3.63) is 64.1 Å². The third-order valence-corrected chi connectivity index (χ3v) is 3.50. The van der Waals surface area contributed by atoms with Gasteiger partial charge in [0.2, 0.25) is 0 Å². The number of nitrogens with one attached hydrogen (secondary N) is 1. The van der Waals surface area contributed by atoms with Crippen LogP contribution in [0.5, 0.6) is 0 Å². The van der Waals surface area contributed by atoms with E-state index in [4.69, 9.17) is 5.41 Å². The van der Waals surface area contributed by atoms with Crippen molar-refractivity contribution in [2.45, 2.75) is 20.4 Å². The standard InChI is InChI=1S/C16H16N4O/c1-3-19-15-13(10-9-11(2)18-15)14(17)20(16(19)21)12-7-5-4-6-8-12/h4-10,17H,3H2,1-2H3. The molecule has 5 heteroatoms. The van der Waals surface area contributed by atoms with Crippen molar-refractivity contribution in [2.24, 2.45) is 0 Å². The van der Waals surface area contributed by atoms with Gasteiger partial charge in [-0.05, 0) is 38.1 Å². The second-order valence-electron chi connectivity index (χ2n) is 4.87. The SMILES string of the molecule is CCn1c(=O)n(-c2ccccc2)c(=N)c2ccc(C)nc21. The van der Waals surface area contributed by atoms with E-state index in [0.717, 1.165) is 5.69 Å². The fraction of sp³-hybridized carbons (Fsp3) is 0.188. The molecule has 0 amide bonds. The molecule has 0 radical (unpaired) electrons. The molecule has 2 aromatic heterocycles. The number of pyridine rings is 1. The number of aryl methyl sites for hydroxylation is 2. The number of rotatable bonds is 2. The smallest absolute Gasteiger partial charge is 0.283 e. The Kier molecular flexibility index (Phi) is 3.17. The lowest BCUT2D eigenvalue weighted by atomic mass is 10.2. The van der Waals surface area contributed by atoms with Crippen molar-refractivity contribution in [3.63, 3.8) is 0 Å². The Balaban J connectivity index is 2.51. The van der Waals surface area contributed by atoms with E-state index in [-0.39, 0.29) is 11.2 Å². The second kappa shape index (κ2) is 5.01. The van der Waals surface area contributed by atoms with Gasteiger partial charge in [0.15, 0.2) is 0 Å². The molecule has 1 aromatic carbocycles. The van der Waals surface area contributed by atoms with E-state index in [1.165, 1.54) is 4.57 Å². The number of hydrogen-bond donors (Lipinski definition) is 1. The zero-order valence-electron chi connectivity index (χ0n) is 12.0. The highest BCUT2D eigenvalue weighted by Gasteiger charge is 2.12. The van der Waals surface area contributed by atoms with Crippen LogP contribution in [0.1, 0.15) is 12.6 Å². The van der Waals surface area contributed by atoms with Crippen LogP contribution in [0.3, 0.4) is 0 Å². The highest BCUT2D eigenvalue weighted by molar-refractivity contribution is 5.74. The summed E-state index contributed by atoms with van der Waals surface area (Å²) in [6, 6.07) is 13.0. The molecule has 0 aliphatic carbocycles. The quantitative estimate of drug-likeness (QED) is 0.780. The third kappa shape index (κ3) is 2.07. The van der Waals surface area contributed by atoms with Gasteiger partial charge in [-0.15, -0.1) is 0 Å². The number of para-hydroxylation sites is 1. The van der Waals surface area contributed by atoms with Gasteiger partial charge in [0.05, 0.1) is 11.1 Å². The summed E-state index contributed by atoms with van der Waals surface area (Å²) in [5, 5.41) is 9.04. The Morgan fingerprint density at radius 1 is 1.14 bits per heavy atom. The van der Waals surface area contributed by atoms with Gasteiger partial charge in [0.25, 0.3) is 0 Å². The van der Waals surface area contributed by atoms with E-state index in [0.29, 0.717) is 23.3 Å². The van der Waals surface area contributed by atoms with Crippen LogP contribution in [-0.4, -0.2) is 14.1 Å².